The Kier molecular flexibility index (Phi) is 2.90. The van der Waals surface area contributed by atoms with Crippen LogP contribution in [0.4, 0.5) is 0 Å². The second kappa shape index (κ2) is 3.74. The van der Waals surface area contributed by atoms with Crippen LogP contribution in [-0.2, 0) is 30.0 Å². The zero-order chi connectivity index (χ0) is 9.14. The molecule has 0 aromatic carbocycles. The third-order valence-corrected chi connectivity index (χ3v) is 1.46. The van der Waals surface area contributed by atoms with Gasteiger partial charge in [0.2, 0.25) is 0 Å². The van der Waals surface area contributed by atoms with Crippen LogP contribution in [0.3, 0.4) is 0 Å². The van der Waals surface area contributed by atoms with Gasteiger partial charge in [-0.3, -0.25) is 9.59 Å². The standard InChI is InChI=1S/C5H7NO5S/c1-12(9)11-10-6-4(7)2-3-5(6)8/h2-3H2,1H3. The van der Waals surface area contributed by atoms with Crippen LogP contribution in [-0.4, -0.2) is 27.3 Å². The van der Waals surface area contributed by atoms with Crippen molar-refractivity contribution in [2.24, 2.45) is 0 Å². The van der Waals surface area contributed by atoms with Crippen LogP contribution in [0, 0.1) is 0 Å². The number of amides is 2. The van der Waals surface area contributed by atoms with Crippen LogP contribution in [0.25, 0.3) is 0 Å². The van der Waals surface area contributed by atoms with Crippen molar-refractivity contribution in [2.75, 3.05) is 6.26 Å². The van der Waals surface area contributed by atoms with E-state index in [2.05, 4.69) is 9.32 Å². The number of hydrogen-bond donors (Lipinski definition) is 0. The molecule has 1 aliphatic rings. The Morgan fingerprint density at radius 1 is 1.33 bits per heavy atom. The minimum atomic E-state index is -1.66. The Bertz CT molecular complexity index is 224. The molecule has 1 heterocycles. The van der Waals surface area contributed by atoms with Gasteiger partial charge in [0.25, 0.3) is 11.8 Å². The summed E-state index contributed by atoms with van der Waals surface area (Å²) >= 11 is -1.66. The highest BCUT2D eigenvalue weighted by Crippen LogP contribution is 2.12. The van der Waals surface area contributed by atoms with Crippen molar-refractivity contribution in [3.63, 3.8) is 0 Å². The summed E-state index contributed by atoms with van der Waals surface area (Å²) in [7, 11) is 0. The lowest BCUT2D eigenvalue weighted by Crippen LogP contribution is -2.29. The van der Waals surface area contributed by atoms with Gasteiger partial charge in [0.05, 0.1) is 0 Å². The highest BCUT2D eigenvalue weighted by Gasteiger charge is 2.31. The van der Waals surface area contributed by atoms with Gasteiger partial charge in [-0.15, -0.1) is 9.40 Å². The van der Waals surface area contributed by atoms with E-state index in [9.17, 15) is 13.8 Å². The largest absolute Gasteiger partial charge is 0.272 e. The van der Waals surface area contributed by atoms with E-state index in [1.54, 1.807) is 0 Å². The Morgan fingerprint density at radius 3 is 2.25 bits per heavy atom. The van der Waals surface area contributed by atoms with E-state index >= 15 is 0 Å². The van der Waals surface area contributed by atoms with Gasteiger partial charge in [0.1, 0.15) is 0 Å². The summed E-state index contributed by atoms with van der Waals surface area (Å²) < 4.78 is 14.5. The molecule has 2 amide bonds. The molecule has 0 radical (unpaired) electrons. The number of imide groups is 1. The SMILES string of the molecule is CS(=O)OON1C(=O)CCC1=O. The van der Waals surface area contributed by atoms with E-state index in [1.807, 2.05) is 0 Å². The van der Waals surface area contributed by atoms with Gasteiger partial charge in [-0.1, -0.05) is 4.99 Å². The molecule has 0 aromatic rings. The lowest BCUT2D eigenvalue weighted by molar-refractivity contribution is -0.327. The van der Waals surface area contributed by atoms with Crippen molar-refractivity contribution >= 4 is 22.9 Å². The first-order chi connectivity index (χ1) is 5.61. The quantitative estimate of drug-likeness (QED) is 0.336. The molecule has 1 atom stereocenters. The molecule has 0 spiro atoms. The first-order valence-corrected chi connectivity index (χ1v) is 4.64. The molecule has 1 rings (SSSR count). The normalized spacial score (nSPS) is 20.2. The lowest BCUT2D eigenvalue weighted by atomic mass is 10.4. The Hall–Kier alpha value is -0.790. The molecule has 1 aliphatic heterocycles. The number of carbonyl (C=O) groups is 2. The lowest BCUT2D eigenvalue weighted by Gasteiger charge is -2.08. The van der Waals surface area contributed by atoms with Gasteiger partial charge < -0.3 is 0 Å². The minimum Gasteiger partial charge on any atom is -0.272 e. The summed E-state index contributed by atoms with van der Waals surface area (Å²) in [6.07, 6.45) is 1.43. The van der Waals surface area contributed by atoms with Gasteiger partial charge in [-0.25, -0.2) is 4.21 Å². The monoisotopic (exact) mass is 193 g/mol. The summed E-state index contributed by atoms with van der Waals surface area (Å²) in [5, 5.41) is 0.474. The summed E-state index contributed by atoms with van der Waals surface area (Å²) in [4.78, 5) is 25.8. The third-order valence-electron chi connectivity index (χ3n) is 1.21. The second-order valence-electron chi connectivity index (χ2n) is 2.13. The molecule has 0 bridgehead atoms. The van der Waals surface area contributed by atoms with Crippen molar-refractivity contribution in [1.29, 1.82) is 0 Å². The minimum absolute atomic E-state index is 0.110. The van der Waals surface area contributed by atoms with Crippen molar-refractivity contribution in [3.8, 4) is 0 Å². The maximum absolute atomic E-state index is 10.8. The predicted octanol–water partition coefficient (Wildman–Crippen LogP) is -0.708. The fourth-order valence-electron chi connectivity index (χ4n) is 0.712. The summed E-state index contributed by atoms with van der Waals surface area (Å²) in [6.45, 7) is 0. The van der Waals surface area contributed by atoms with Gasteiger partial charge >= 0.3 is 0 Å². The zero-order valence-electron chi connectivity index (χ0n) is 6.31. The maximum Gasteiger partial charge on any atom is 0.256 e. The molecule has 0 aromatic heterocycles. The van der Waals surface area contributed by atoms with Crippen molar-refractivity contribution in [3.05, 3.63) is 0 Å². The Balaban J connectivity index is 2.45. The molecule has 1 fully saturated rings. The van der Waals surface area contributed by atoms with E-state index in [4.69, 9.17) is 0 Å². The first kappa shape index (κ1) is 9.30. The summed E-state index contributed by atoms with van der Waals surface area (Å²) in [6, 6.07) is 0. The van der Waals surface area contributed by atoms with Crippen LogP contribution >= 0.6 is 0 Å². The van der Waals surface area contributed by atoms with E-state index in [-0.39, 0.29) is 12.8 Å². The number of hydrogen-bond acceptors (Lipinski definition) is 5. The molecule has 12 heavy (non-hydrogen) atoms. The van der Waals surface area contributed by atoms with Crippen LogP contribution in [0.5, 0.6) is 0 Å². The fraction of sp³-hybridized carbons (Fsp3) is 0.600. The predicted molar refractivity (Wildman–Crippen MR) is 37.3 cm³/mol. The number of rotatable bonds is 3. The second-order valence-corrected chi connectivity index (χ2v) is 3.06. The van der Waals surface area contributed by atoms with E-state index in [0.29, 0.717) is 5.06 Å². The molecule has 1 saturated heterocycles. The Morgan fingerprint density at radius 2 is 1.83 bits per heavy atom. The van der Waals surface area contributed by atoms with Crippen LogP contribution in [0.1, 0.15) is 12.8 Å². The molecule has 0 N–H and O–H groups in total. The molecule has 68 valence electrons. The summed E-state index contributed by atoms with van der Waals surface area (Å²) in [5.74, 6) is -0.962. The zero-order valence-corrected chi connectivity index (χ0v) is 7.13. The van der Waals surface area contributed by atoms with Crippen LogP contribution in [0.15, 0.2) is 0 Å². The number of carbonyl (C=O) groups excluding carboxylic acids is 2. The highest BCUT2D eigenvalue weighted by molar-refractivity contribution is 7.79. The average molecular weight is 193 g/mol. The summed E-state index contributed by atoms with van der Waals surface area (Å²) in [5.41, 5.74) is 0. The van der Waals surface area contributed by atoms with Crippen LogP contribution < -0.4 is 0 Å². The van der Waals surface area contributed by atoms with Crippen molar-refractivity contribution in [1.82, 2.24) is 5.06 Å². The molecule has 0 saturated carbocycles. The molecule has 6 nitrogen and oxygen atoms in total. The molecule has 0 aliphatic carbocycles. The molecular formula is C5H7NO5S. The third kappa shape index (κ3) is 2.10. The van der Waals surface area contributed by atoms with Gasteiger partial charge in [0, 0.05) is 19.1 Å². The molecule has 1 unspecified atom stereocenters. The molecule has 7 heteroatoms. The smallest absolute Gasteiger partial charge is 0.256 e. The first-order valence-electron chi connectivity index (χ1n) is 3.15. The van der Waals surface area contributed by atoms with E-state index in [0.717, 1.165) is 0 Å². The molecular weight excluding hydrogens is 186 g/mol. The topological polar surface area (TPSA) is 72.9 Å². The fourth-order valence-corrected chi connectivity index (χ4v) is 0.859. The van der Waals surface area contributed by atoms with Gasteiger partial charge in [-0.05, 0) is 0 Å². The maximum atomic E-state index is 10.8. The van der Waals surface area contributed by atoms with Crippen LogP contribution in [0.2, 0.25) is 0 Å². The Labute approximate surface area is 71.0 Å². The van der Waals surface area contributed by atoms with Gasteiger partial charge in [-0.2, -0.15) is 0 Å². The van der Waals surface area contributed by atoms with Crippen molar-refractivity contribution in [2.45, 2.75) is 12.8 Å². The highest BCUT2D eigenvalue weighted by atomic mass is 32.2. The number of nitrogens with zero attached hydrogens (tertiary/aromatic N) is 1. The number of hydroxylamine groups is 2. The van der Waals surface area contributed by atoms with E-state index in [1.165, 1.54) is 6.26 Å². The van der Waals surface area contributed by atoms with Gasteiger partial charge in [0.15, 0.2) is 11.1 Å². The average Bonchev–Trinajstić information content (AvgIpc) is 2.28. The van der Waals surface area contributed by atoms with E-state index < -0.39 is 22.9 Å². The van der Waals surface area contributed by atoms with Crippen molar-refractivity contribution < 1.29 is 23.1 Å².